The lowest BCUT2D eigenvalue weighted by atomic mass is 9.75. The number of likely N-dealkylation sites (N-methyl/N-ethyl adjacent to an activating group) is 2. The maximum atomic E-state index is 10.8. The predicted molar refractivity (Wildman–Crippen MR) is 69.6 cm³/mol. The molecule has 1 fully saturated rings. The van der Waals surface area contributed by atoms with Crippen LogP contribution < -0.4 is 11.5 Å². The van der Waals surface area contributed by atoms with Crippen molar-refractivity contribution in [1.29, 1.82) is 0 Å². The van der Waals surface area contributed by atoms with Gasteiger partial charge in [0.15, 0.2) is 0 Å². The number of amides is 1. The zero-order chi connectivity index (χ0) is 13.1. The third-order valence-electron chi connectivity index (χ3n) is 3.98. The number of primary amides is 1. The second-order valence-electron chi connectivity index (χ2n) is 5.51. The molecule has 1 atom stereocenters. The first kappa shape index (κ1) is 14.4. The third-order valence-corrected chi connectivity index (χ3v) is 3.98. The molecule has 0 aromatic heterocycles. The van der Waals surface area contributed by atoms with Gasteiger partial charge in [0, 0.05) is 12.1 Å². The van der Waals surface area contributed by atoms with E-state index in [9.17, 15) is 4.79 Å². The molecule has 100 valence electrons. The van der Waals surface area contributed by atoms with Crippen molar-refractivity contribution in [3.8, 4) is 0 Å². The first-order valence-electron chi connectivity index (χ1n) is 6.28. The third kappa shape index (κ3) is 3.66. The number of hydrogen-bond acceptors (Lipinski definition) is 4. The average molecular weight is 242 g/mol. The van der Waals surface area contributed by atoms with Gasteiger partial charge in [0.05, 0.1) is 6.04 Å². The monoisotopic (exact) mass is 242 g/mol. The van der Waals surface area contributed by atoms with Crippen molar-refractivity contribution >= 4 is 5.91 Å². The summed E-state index contributed by atoms with van der Waals surface area (Å²) in [5, 5.41) is 0. The molecule has 1 aliphatic carbocycles. The lowest BCUT2D eigenvalue weighted by Gasteiger charge is -2.49. The lowest BCUT2D eigenvalue weighted by Crippen LogP contribution is -2.57. The molecular weight excluding hydrogens is 216 g/mol. The maximum Gasteiger partial charge on any atom is 0.234 e. The fourth-order valence-corrected chi connectivity index (χ4v) is 2.41. The summed E-state index contributed by atoms with van der Waals surface area (Å²) in [5.74, 6) is -0.413. The highest BCUT2D eigenvalue weighted by atomic mass is 16.1. The average Bonchev–Trinajstić information content (AvgIpc) is 2.19. The minimum Gasteiger partial charge on any atom is -0.368 e. The lowest BCUT2D eigenvalue weighted by molar-refractivity contribution is -0.119. The summed E-state index contributed by atoms with van der Waals surface area (Å²) in [6.45, 7) is 1.85. The van der Waals surface area contributed by atoms with Crippen LogP contribution in [-0.4, -0.2) is 61.5 Å². The first-order valence-corrected chi connectivity index (χ1v) is 6.28. The summed E-state index contributed by atoms with van der Waals surface area (Å²) < 4.78 is 0. The molecule has 17 heavy (non-hydrogen) atoms. The van der Waals surface area contributed by atoms with Crippen molar-refractivity contribution in [2.45, 2.75) is 37.3 Å². The topological polar surface area (TPSA) is 75.6 Å². The van der Waals surface area contributed by atoms with E-state index in [1.807, 2.05) is 0 Å². The van der Waals surface area contributed by atoms with Gasteiger partial charge in [-0.25, -0.2) is 0 Å². The second-order valence-corrected chi connectivity index (χ2v) is 5.51. The fourth-order valence-electron chi connectivity index (χ4n) is 2.41. The number of carbonyl (C=O) groups excluding carboxylic acids is 1. The molecule has 0 aliphatic heterocycles. The molecule has 0 aromatic carbocycles. The molecule has 0 heterocycles. The van der Waals surface area contributed by atoms with E-state index in [0.717, 1.165) is 13.1 Å². The van der Waals surface area contributed by atoms with E-state index in [2.05, 4.69) is 30.9 Å². The van der Waals surface area contributed by atoms with Crippen LogP contribution in [0.1, 0.15) is 25.7 Å². The largest absolute Gasteiger partial charge is 0.368 e. The van der Waals surface area contributed by atoms with Gasteiger partial charge in [0.1, 0.15) is 0 Å². The Balaban J connectivity index is 2.33. The molecule has 1 amide bonds. The van der Waals surface area contributed by atoms with Crippen LogP contribution in [0.4, 0.5) is 0 Å². The number of nitrogens with zero attached hydrogens (tertiary/aromatic N) is 2. The molecular formula is C12H26N4O. The van der Waals surface area contributed by atoms with Gasteiger partial charge in [-0.15, -0.1) is 0 Å². The molecule has 1 aliphatic rings. The molecule has 0 aromatic rings. The Morgan fingerprint density at radius 3 is 2.29 bits per heavy atom. The van der Waals surface area contributed by atoms with Crippen molar-refractivity contribution in [2.75, 3.05) is 34.2 Å². The molecule has 0 radical (unpaired) electrons. The Morgan fingerprint density at radius 2 is 1.94 bits per heavy atom. The van der Waals surface area contributed by atoms with E-state index >= 15 is 0 Å². The van der Waals surface area contributed by atoms with Crippen LogP contribution in [0.25, 0.3) is 0 Å². The SMILES string of the molecule is CN(CCC(N)C(N)=O)CC1(N(C)C)CCC1. The fraction of sp³-hybridized carbons (Fsp3) is 0.917. The van der Waals surface area contributed by atoms with Crippen molar-refractivity contribution in [3.63, 3.8) is 0 Å². The highest BCUT2D eigenvalue weighted by Crippen LogP contribution is 2.36. The highest BCUT2D eigenvalue weighted by Gasteiger charge is 2.39. The zero-order valence-corrected chi connectivity index (χ0v) is 11.3. The second kappa shape index (κ2) is 5.80. The standard InChI is InChI=1S/C12H26N4O/c1-15(2)12(6-4-7-12)9-16(3)8-5-10(13)11(14)17/h10H,4-9,13H2,1-3H3,(H2,14,17). The van der Waals surface area contributed by atoms with E-state index in [4.69, 9.17) is 11.5 Å². The van der Waals surface area contributed by atoms with Gasteiger partial charge >= 0.3 is 0 Å². The number of hydrogen-bond donors (Lipinski definition) is 2. The maximum absolute atomic E-state index is 10.8. The highest BCUT2D eigenvalue weighted by molar-refractivity contribution is 5.79. The van der Waals surface area contributed by atoms with Crippen LogP contribution in [0, 0.1) is 0 Å². The normalized spacial score (nSPS) is 20.4. The Hall–Kier alpha value is -0.650. The number of rotatable bonds is 7. The molecule has 5 heteroatoms. The predicted octanol–water partition coefficient (Wildman–Crippen LogP) is -0.395. The van der Waals surface area contributed by atoms with Crippen LogP contribution >= 0.6 is 0 Å². The van der Waals surface area contributed by atoms with Crippen LogP contribution in [0.5, 0.6) is 0 Å². The van der Waals surface area contributed by atoms with Gasteiger partial charge in [0.25, 0.3) is 0 Å². The summed E-state index contributed by atoms with van der Waals surface area (Å²) in [6, 6.07) is -0.519. The van der Waals surface area contributed by atoms with Crippen molar-refractivity contribution in [1.82, 2.24) is 9.80 Å². The summed E-state index contributed by atoms with van der Waals surface area (Å²) in [7, 11) is 6.36. The van der Waals surface area contributed by atoms with E-state index in [1.54, 1.807) is 0 Å². The number of carbonyl (C=O) groups is 1. The summed E-state index contributed by atoms with van der Waals surface area (Å²) >= 11 is 0. The molecule has 1 saturated carbocycles. The molecule has 1 unspecified atom stereocenters. The van der Waals surface area contributed by atoms with Gasteiger partial charge in [-0.2, -0.15) is 0 Å². The van der Waals surface area contributed by atoms with E-state index < -0.39 is 11.9 Å². The summed E-state index contributed by atoms with van der Waals surface area (Å²) in [5.41, 5.74) is 11.1. The van der Waals surface area contributed by atoms with Crippen LogP contribution in [0.15, 0.2) is 0 Å². The van der Waals surface area contributed by atoms with Crippen molar-refractivity contribution in [2.24, 2.45) is 11.5 Å². The van der Waals surface area contributed by atoms with E-state index in [-0.39, 0.29) is 0 Å². The van der Waals surface area contributed by atoms with E-state index in [0.29, 0.717) is 12.0 Å². The molecule has 5 nitrogen and oxygen atoms in total. The quantitative estimate of drug-likeness (QED) is 0.637. The van der Waals surface area contributed by atoms with Gasteiger partial charge in [-0.1, -0.05) is 0 Å². The molecule has 0 spiro atoms. The Labute approximate surface area is 104 Å². The molecule has 1 rings (SSSR count). The van der Waals surface area contributed by atoms with Crippen molar-refractivity contribution in [3.05, 3.63) is 0 Å². The molecule has 0 bridgehead atoms. The van der Waals surface area contributed by atoms with Gasteiger partial charge in [-0.3, -0.25) is 4.79 Å². The Kier molecular flexibility index (Phi) is 4.91. The van der Waals surface area contributed by atoms with Crippen molar-refractivity contribution < 1.29 is 4.79 Å². The Morgan fingerprint density at radius 1 is 1.35 bits per heavy atom. The van der Waals surface area contributed by atoms with Crippen LogP contribution in [0.3, 0.4) is 0 Å². The summed E-state index contributed by atoms with van der Waals surface area (Å²) in [4.78, 5) is 15.4. The zero-order valence-electron chi connectivity index (χ0n) is 11.3. The Bertz CT molecular complexity index is 263. The number of nitrogens with two attached hydrogens (primary N) is 2. The van der Waals surface area contributed by atoms with Gasteiger partial charge < -0.3 is 21.3 Å². The minimum atomic E-state index is -0.519. The van der Waals surface area contributed by atoms with Gasteiger partial charge in [0.2, 0.25) is 5.91 Å². The van der Waals surface area contributed by atoms with E-state index in [1.165, 1.54) is 19.3 Å². The smallest absolute Gasteiger partial charge is 0.234 e. The first-order chi connectivity index (χ1) is 7.87. The van der Waals surface area contributed by atoms with Crippen LogP contribution in [-0.2, 0) is 4.79 Å². The van der Waals surface area contributed by atoms with Gasteiger partial charge in [-0.05, 0) is 53.4 Å². The minimum absolute atomic E-state index is 0.325. The summed E-state index contributed by atoms with van der Waals surface area (Å²) in [6.07, 6.45) is 4.46. The van der Waals surface area contributed by atoms with Crippen LogP contribution in [0.2, 0.25) is 0 Å². The molecule has 4 N–H and O–H groups in total. The molecule has 0 saturated heterocycles.